The number of benzene rings is 4. The number of aryl methyl sites for hydroxylation is 1. The molecule has 0 bridgehead atoms. The van der Waals surface area contributed by atoms with Crippen LogP contribution in [0.5, 0.6) is 0 Å². The largest absolute Gasteiger partial charge is 0.444 e. The minimum absolute atomic E-state index is 0.156. The summed E-state index contributed by atoms with van der Waals surface area (Å²) < 4.78 is 11.7. The van der Waals surface area contributed by atoms with E-state index in [-0.39, 0.29) is 24.1 Å². The summed E-state index contributed by atoms with van der Waals surface area (Å²) in [5.74, 6) is -0.870. The molecule has 3 atom stereocenters. The van der Waals surface area contributed by atoms with E-state index in [1.54, 1.807) is 77.9 Å². The summed E-state index contributed by atoms with van der Waals surface area (Å²) in [4.78, 5) is 80.8. The molecule has 1 heterocycles. The number of hydrogen-bond donors (Lipinski definition) is 5. The summed E-state index contributed by atoms with van der Waals surface area (Å²) in [7, 11) is 0. The Morgan fingerprint density at radius 1 is 0.716 bits per heavy atom. The second-order valence-corrected chi connectivity index (χ2v) is 19.3. The highest BCUT2D eigenvalue weighted by Crippen LogP contribution is 2.35. The quantitative estimate of drug-likeness (QED) is 0.0543. The fourth-order valence-corrected chi connectivity index (χ4v) is 8.14. The van der Waals surface area contributed by atoms with Gasteiger partial charge in [0.2, 0.25) is 5.91 Å². The van der Waals surface area contributed by atoms with Gasteiger partial charge in [-0.1, -0.05) is 78.9 Å². The number of carbonyl (C=O) groups is 6. The first-order valence-electron chi connectivity index (χ1n) is 22.5. The zero-order chi connectivity index (χ0) is 48.9. The number of hydrogen-bond acceptors (Lipinski definition) is 8. The highest BCUT2D eigenvalue weighted by atomic mass is 79.9. The molecule has 1 aliphatic heterocycles. The standard InChI is InChI=1S/C52H63BrN6O8/c1-33-24-27-39(56-48(63)54-30-16-15-23-42(60)44(36-18-11-9-12-19-36)57-49(64)66-51(3,4)5)32-40(33)43(53)34(2)35-25-28-38(29-26-35)55-46(61)41-22-17-31-59(41)47(62)45(37-20-13-10-14-21-37)58-50(65)67-52(6,7)8/h9-14,18-21,24-29,32,41,44-45H,15-17,22-23,30-31H2,1-8H3,(H,55,61)(H,57,64)(H,58,65)(H2,54,56,63)/b43-34-/t41-,44+,45+/m0/s1. The molecule has 5 rings (SSSR count). The van der Waals surface area contributed by atoms with Crippen LogP contribution in [0.25, 0.3) is 10.1 Å². The number of unbranched alkanes of at least 4 members (excludes halogenated alkanes) is 1. The SMILES string of the molecule is C/C(=C(/Br)c1cc(NC(=O)NCCCCC(=O)[C@H](NC(=O)OC(C)(C)C)c2ccccc2)ccc1C)c1ccc(NC(=O)[C@@H]2CCCN2C(=O)[C@H](NC(=O)OC(C)(C)C)c2ccccc2)cc1. The molecule has 4 aromatic carbocycles. The lowest BCUT2D eigenvalue weighted by atomic mass is 9.99. The van der Waals surface area contributed by atoms with Gasteiger partial charge in [-0.3, -0.25) is 14.4 Å². The summed E-state index contributed by atoms with van der Waals surface area (Å²) in [5, 5.41) is 14.2. The molecule has 1 fully saturated rings. The van der Waals surface area contributed by atoms with Crippen LogP contribution in [-0.2, 0) is 23.9 Å². The molecular weight excluding hydrogens is 917 g/mol. The number of Topliss-reactive ketones (excluding diaryl/α,β-unsaturated/α-hetero) is 1. The minimum Gasteiger partial charge on any atom is -0.444 e. The predicted octanol–water partition coefficient (Wildman–Crippen LogP) is 10.6. The molecule has 0 spiro atoms. The van der Waals surface area contributed by atoms with E-state index in [0.29, 0.717) is 61.3 Å². The molecule has 4 aromatic rings. The average Bonchev–Trinajstić information content (AvgIpc) is 3.77. The molecule has 15 heteroatoms. The molecule has 1 saturated heterocycles. The van der Waals surface area contributed by atoms with Gasteiger partial charge in [0, 0.05) is 35.4 Å². The van der Waals surface area contributed by atoms with E-state index in [1.165, 1.54) is 4.90 Å². The normalized spacial score (nSPS) is 15.0. The van der Waals surface area contributed by atoms with Crippen LogP contribution in [-0.4, -0.2) is 71.0 Å². The Balaban J connectivity index is 1.15. The highest BCUT2D eigenvalue weighted by Gasteiger charge is 2.39. The van der Waals surface area contributed by atoms with Gasteiger partial charge in [-0.25, -0.2) is 14.4 Å². The summed E-state index contributed by atoms with van der Waals surface area (Å²) in [6.45, 7) is 15.2. The summed E-state index contributed by atoms with van der Waals surface area (Å²) in [5.41, 5.74) is 4.60. The average molecular weight is 980 g/mol. The molecule has 0 saturated carbocycles. The predicted molar refractivity (Wildman–Crippen MR) is 265 cm³/mol. The molecular formula is C52H63BrN6O8. The Morgan fingerprint density at radius 2 is 1.27 bits per heavy atom. The van der Waals surface area contributed by atoms with Gasteiger partial charge in [0.05, 0.1) is 0 Å². The van der Waals surface area contributed by atoms with Gasteiger partial charge < -0.3 is 41.0 Å². The van der Waals surface area contributed by atoms with Crippen molar-refractivity contribution in [1.29, 1.82) is 0 Å². The third kappa shape index (κ3) is 15.6. The van der Waals surface area contributed by atoms with Crippen molar-refractivity contribution in [3.63, 3.8) is 0 Å². The van der Waals surface area contributed by atoms with E-state index in [2.05, 4.69) is 42.5 Å². The van der Waals surface area contributed by atoms with Gasteiger partial charge in [0.1, 0.15) is 29.3 Å². The minimum atomic E-state index is -1.03. The molecule has 1 aliphatic rings. The first-order chi connectivity index (χ1) is 31.7. The maximum Gasteiger partial charge on any atom is 0.408 e. The number of allylic oxidation sites excluding steroid dienone is 1. The molecule has 356 valence electrons. The van der Waals surface area contributed by atoms with E-state index >= 15 is 0 Å². The number of amides is 6. The second kappa shape index (κ2) is 23.3. The van der Waals surface area contributed by atoms with Crippen LogP contribution >= 0.6 is 15.9 Å². The molecule has 67 heavy (non-hydrogen) atoms. The Hall–Kier alpha value is -6.48. The highest BCUT2D eigenvalue weighted by molar-refractivity contribution is 9.15. The smallest absolute Gasteiger partial charge is 0.408 e. The van der Waals surface area contributed by atoms with Crippen molar-refractivity contribution >= 4 is 73.2 Å². The van der Waals surface area contributed by atoms with Crippen molar-refractivity contribution in [2.45, 2.75) is 117 Å². The second-order valence-electron chi connectivity index (χ2n) is 18.5. The molecule has 0 radical (unpaired) electrons. The van der Waals surface area contributed by atoms with Crippen molar-refractivity contribution in [3.05, 3.63) is 131 Å². The van der Waals surface area contributed by atoms with Gasteiger partial charge in [-0.05, 0) is 155 Å². The Labute approximate surface area is 402 Å². The lowest BCUT2D eigenvalue weighted by Gasteiger charge is -2.29. The number of ether oxygens (including phenoxy) is 2. The van der Waals surface area contributed by atoms with Crippen LogP contribution in [0.3, 0.4) is 0 Å². The number of rotatable bonds is 16. The molecule has 0 aliphatic carbocycles. The van der Waals surface area contributed by atoms with Crippen molar-refractivity contribution in [1.82, 2.24) is 20.9 Å². The topological polar surface area (TPSA) is 184 Å². The van der Waals surface area contributed by atoms with E-state index in [9.17, 15) is 28.8 Å². The van der Waals surface area contributed by atoms with E-state index in [4.69, 9.17) is 9.47 Å². The monoisotopic (exact) mass is 978 g/mol. The fourth-order valence-electron chi connectivity index (χ4n) is 7.49. The number of anilines is 2. The van der Waals surface area contributed by atoms with Crippen molar-refractivity contribution in [3.8, 4) is 0 Å². The van der Waals surface area contributed by atoms with Gasteiger partial charge in [0.15, 0.2) is 5.78 Å². The lowest BCUT2D eigenvalue weighted by molar-refractivity contribution is -0.138. The van der Waals surface area contributed by atoms with Crippen LogP contribution in [0.4, 0.5) is 25.8 Å². The number of ketones is 1. The Morgan fingerprint density at radius 3 is 1.85 bits per heavy atom. The first-order valence-corrected chi connectivity index (χ1v) is 23.3. The zero-order valence-corrected chi connectivity index (χ0v) is 41.2. The van der Waals surface area contributed by atoms with Crippen LogP contribution < -0.4 is 26.6 Å². The number of nitrogens with zero attached hydrogens (tertiary/aromatic N) is 1. The molecule has 0 aromatic heterocycles. The number of nitrogens with one attached hydrogen (secondary N) is 5. The third-order valence-corrected chi connectivity index (χ3v) is 11.8. The lowest BCUT2D eigenvalue weighted by Crippen LogP contribution is -2.49. The number of urea groups is 1. The molecule has 5 N–H and O–H groups in total. The fraction of sp³-hybridized carbons (Fsp3) is 0.385. The van der Waals surface area contributed by atoms with Gasteiger partial charge >= 0.3 is 18.2 Å². The maximum atomic E-state index is 14.0. The molecule has 6 amide bonds. The summed E-state index contributed by atoms with van der Waals surface area (Å²) in [6, 6.07) is 28.0. The number of likely N-dealkylation sites (tertiary alicyclic amines) is 1. The van der Waals surface area contributed by atoms with Gasteiger partial charge in [-0.2, -0.15) is 0 Å². The van der Waals surface area contributed by atoms with Crippen molar-refractivity contribution in [2.75, 3.05) is 23.7 Å². The summed E-state index contributed by atoms with van der Waals surface area (Å²) in [6.07, 6.45) is 0.965. The van der Waals surface area contributed by atoms with Crippen molar-refractivity contribution < 1.29 is 38.2 Å². The molecule has 14 nitrogen and oxygen atoms in total. The van der Waals surface area contributed by atoms with Crippen LogP contribution in [0.2, 0.25) is 0 Å². The first kappa shape index (κ1) is 51.5. The Bertz CT molecular complexity index is 2410. The third-order valence-electron chi connectivity index (χ3n) is 10.8. The van der Waals surface area contributed by atoms with Gasteiger partial charge in [0.25, 0.3) is 5.91 Å². The maximum absolute atomic E-state index is 14.0. The van der Waals surface area contributed by atoms with Crippen LogP contribution in [0.1, 0.15) is 120 Å². The van der Waals surface area contributed by atoms with E-state index in [0.717, 1.165) is 26.7 Å². The summed E-state index contributed by atoms with van der Waals surface area (Å²) >= 11 is 3.79. The molecule has 0 unspecified atom stereocenters. The van der Waals surface area contributed by atoms with Gasteiger partial charge in [-0.15, -0.1) is 0 Å². The van der Waals surface area contributed by atoms with Crippen molar-refractivity contribution in [2.24, 2.45) is 0 Å². The number of halogens is 1. The Kier molecular flexibility index (Phi) is 17.9. The van der Waals surface area contributed by atoms with Crippen LogP contribution in [0.15, 0.2) is 103 Å². The number of carbonyl (C=O) groups excluding carboxylic acids is 6. The van der Waals surface area contributed by atoms with E-state index in [1.807, 2.05) is 80.6 Å². The van der Waals surface area contributed by atoms with Crippen LogP contribution in [0, 0.1) is 6.92 Å². The zero-order valence-electron chi connectivity index (χ0n) is 39.6. The number of alkyl carbamates (subject to hydrolysis) is 2. The van der Waals surface area contributed by atoms with E-state index < -0.39 is 47.4 Å².